The van der Waals surface area contributed by atoms with E-state index in [0.29, 0.717) is 18.6 Å². The monoisotopic (exact) mass is 222 g/mol. The van der Waals surface area contributed by atoms with Crippen molar-refractivity contribution in [1.29, 1.82) is 0 Å². The molecule has 1 N–H and O–H groups in total. The number of carbonyl (C=O) groups is 1. The van der Waals surface area contributed by atoms with Gasteiger partial charge in [-0.2, -0.15) is 0 Å². The van der Waals surface area contributed by atoms with E-state index >= 15 is 0 Å². The van der Waals surface area contributed by atoms with E-state index in [1.165, 1.54) is 0 Å². The lowest BCUT2D eigenvalue weighted by molar-refractivity contribution is -0.133. The number of rotatable bonds is 4. The average molecular weight is 222 g/mol. The molecule has 0 radical (unpaired) electrons. The predicted molar refractivity (Wildman–Crippen MR) is 61.2 cm³/mol. The maximum atomic E-state index is 11.0. The largest absolute Gasteiger partial charge is 0.478 e. The summed E-state index contributed by atoms with van der Waals surface area (Å²) >= 11 is 0. The van der Waals surface area contributed by atoms with Gasteiger partial charge in [-0.1, -0.05) is 12.2 Å². The topological polar surface area (TPSA) is 46.5 Å². The first-order valence-electron chi connectivity index (χ1n) is 6.00. The second-order valence-corrected chi connectivity index (χ2v) is 4.45. The van der Waals surface area contributed by atoms with Gasteiger partial charge < -0.3 is 9.84 Å². The normalized spacial score (nSPS) is 25.1. The third kappa shape index (κ3) is 2.73. The van der Waals surface area contributed by atoms with Gasteiger partial charge in [-0.25, -0.2) is 4.79 Å². The van der Waals surface area contributed by atoms with Crippen LogP contribution in [0.5, 0.6) is 0 Å². The lowest BCUT2D eigenvalue weighted by atomic mass is 9.92. The quantitative estimate of drug-likeness (QED) is 0.744. The fourth-order valence-corrected chi connectivity index (χ4v) is 2.34. The molecule has 1 atom stereocenters. The van der Waals surface area contributed by atoms with E-state index in [-0.39, 0.29) is 6.10 Å². The van der Waals surface area contributed by atoms with Crippen LogP contribution in [0.1, 0.15) is 38.5 Å². The molecular formula is C13H18O3. The number of allylic oxidation sites excluding steroid dienone is 1. The second-order valence-electron chi connectivity index (χ2n) is 4.45. The molecule has 0 bridgehead atoms. The van der Waals surface area contributed by atoms with E-state index in [0.717, 1.165) is 37.7 Å². The van der Waals surface area contributed by atoms with Crippen molar-refractivity contribution >= 4 is 5.97 Å². The second kappa shape index (κ2) is 5.30. The van der Waals surface area contributed by atoms with Crippen molar-refractivity contribution in [2.45, 2.75) is 44.6 Å². The Balaban J connectivity index is 1.94. The van der Waals surface area contributed by atoms with Crippen LogP contribution in [0.4, 0.5) is 0 Å². The molecule has 2 aliphatic carbocycles. The van der Waals surface area contributed by atoms with Gasteiger partial charge >= 0.3 is 5.97 Å². The Morgan fingerprint density at radius 1 is 1.44 bits per heavy atom. The van der Waals surface area contributed by atoms with Gasteiger partial charge in [-0.3, -0.25) is 0 Å². The molecule has 0 saturated carbocycles. The van der Waals surface area contributed by atoms with Crippen LogP contribution in [0, 0.1) is 0 Å². The lowest BCUT2D eigenvalue weighted by Gasteiger charge is -2.19. The first kappa shape index (κ1) is 11.4. The molecule has 3 heteroatoms. The Morgan fingerprint density at radius 2 is 2.25 bits per heavy atom. The Morgan fingerprint density at radius 3 is 2.94 bits per heavy atom. The molecule has 0 saturated heterocycles. The minimum atomic E-state index is -0.764. The van der Waals surface area contributed by atoms with Crippen LogP contribution < -0.4 is 0 Å². The zero-order valence-corrected chi connectivity index (χ0v) is 9.45. The predicted octanol–water partition coefficient (Wildman–Crippen LogP) is 2.68. The van der Waals surface area contributed by atoms with E-state index < -0.39 is 5.97 Å². The minimum Gasteiger partial charge on any atom is -0.478 e. The number of hydrogen-bond donors (Lipinski definition) is 1. The molecule has 3 nitrogen and oxygen atoms in total. The van der Waals surface area contributed by atoms with Crippen LogP contribution in [-0.4, -0.2) is 23.8 Å². The van der Waals surface area contributed by atoms with Crippen molar-refractivity contribution in [3.8, 4) is 0 Å². The van der Waals surface area contributed by atoms with Gasteiger partial charge in [0.05, 0.1) is 12.7 Å². The molecule has 0 aromatic rings. The summed E-state index contributed by atoms with van der Waals surface area (Å²) in [6, 6.07) is 0. The summed E-state index contributed by atoms with van der Waals surface area (Å²) in [5.74, 6) is -0.764. The summed E-state index contributed by atoms with van der Waals surface area (Å²) in [6.07, 6.45) is 10.2. The standard InChI is InChI=1S/C13H18O3/c14-13(15)12-8-4-1-5-10(12)9-16-11-6-2-3-7-11/h2,6,11H,1,3-5,7-9H2,(H,14,15). The number of hydrogen-bond acceptors (Lipinski definition) is 2. The maximum Gasteiger partial charge on any atom is 0.331 e. The summed E-state index contributed by atoms with van der Waals surface area (Å²) in [7, 11) is 0. The summed E-state index contributed by atoms with van der Waals surface area (Å²) in [6.45, 7) is 0.497. The first-order valence-corrected chi connectivity index (χ1v) is 6.00. The highest BCUT2D eigenvalue weighted by Crippen LogP contribution is 2.26. The van der Waals surface area contributed by atoms with Gasteiger partial charge in [0, 0.05) is 5.57 Å². The van der Waals surface area contributed by atoms with E-state index in [4.69, 9.17) is 9.84 Å². The fourth-order valence-electron chi connectivity index (χ4n) is 2.34. The Bertz CT molecular complexity index is 328. The van der Waals surface area contributed by atoms with Crippen LogP contribution in [0.15, 0.2) is 23.3 Å². The highest BCUT2D eigenvalue weighted by molar-refractivity contribution is 5.87. The van der Waals surface area contributed by atoms with Crippen LogP contribution in [0.2, 0.25) is 0 Å². The number of aliphatic carboxylic acids is 1. The van der Waals surface area contributed by atoms with Crippen molar-refractivity contribution in [3.63, 3.8) is 0 Å². The molecule has 2 rings (SSSR count). The van der Waals surface area contributed by atoms with Crippen molar-refractivity contribution in [3.05, 3.63) is 23.3 Å². The Hall–Kier alpha value is -1.09. The van der Waals surface area contributed by atoms with Crippen LogP contribution in [0.25, 0.3) is 0 Å². The third-order valence-corrected chi connectivity index (χ3v) is 3.28. The summed E-state index contributed by atoms with van der Waals surface area (Å²) < 4.78 is 5.71. The molecule has 0 heterocycles. The molecule has 0 fully saturated rings. The molecule has 0 aromatic carbocycles. The van der Waals surface area contributed by atoms with Gasteiger partial charge in [0.2, 0.25) is 0 Å². The smallest absolute Gasteiger partial charge is 0.331 e. The van der Waals surface area contributed by atoms with Gasteiger partial charge in [-0.15, -0.1) is 0 Å². The molecular weight excluding hydrogens is 204 g/mol. The molecule has 0 aromatic heterocycles. The zero-order valence-electron chi connectivity index (χ0n) is 9.45. The van der Waals surface area contributed by atoms with Crippen molar-refractivity contribution in [2.24, 2.45) is 0 Å². The van der Waals surface area contributed by atoms with Crippen molar-refractivity contribution < 1.29 is 14.6 Å². The molecule has 16 heavy (non-hydrogen) atoms. The summed E-state index contributed by atoms with van der Waals surface area (Å²) in [5.41, 5.74) is 1.59. The average Bonchev–Trinajstić information content (AvgIpc) is 2.79. The number of ether oxygens (including phenoxy) is 1. The molecule has 88 valence electrons. The molecule has 1 unspecified atom stereocenters. The number of carboxylic acids is 1. The Kier molecular flexibility index (Phi) is 3.78. The Labute approximate surface area is 95.8 Å². The van der Waals surface area contributed by atoms with E-state index in [1.54, 1.807) is 0 Å². The fraction of sp³-hybridized carbons (Fsp3) is 0.615. The zero-order chi connectivity index (χ0) is 11.4. The van der Waals surface area contributed by atoms with Gasteiger partial charge in [0.15, 0.2) is 0 Å². The summed E-state index contributed by atoms with van der Waals surface area (Å²) in [4.78, 5) is 11.0. The molecule has 0 amide bonds. The van der Waals surface area contributed by atoms with E-state index in [2.05, 4.69) is 12.2 Å². The van der Waals surface area contributed by atoms with Crippen LogP contribution >= 0.6 is 0 Å². The van der Waals surface area contributed by atoms with Crippen molar-refractivity contribution in [2.75, 3.05) is 6.61 Å². The first-order chi connectivity index (χ1) is 7.77. The molecule has 0 spiro atoms. The SMILES string of the molecule is O=C(O)C1=C(COC2C=CCC2)CCCC1. The molecule has 2 aliphatic rings. The highest BCUT2D eigenvalue weighted by atomic mass is 16.5. The van der Waals surface area contributed by atoms with Gasteiger partial charge in [0.1, 0.15) is 0 Å². The third-order valence-electron chi connectivity index (χ3n) is 3.28. The van der Waals surface area contributed by atoms with E-state index in [1.807, 2.05) is 0 Å². The van der Waals surface area contributed by atoms with E-state index in [9.17, 15) is 4.79 Å². The minimum absolute atomic E-state index is 0.199. The van der Waals surface area contributed by atoms with Gasteiger partial charge in [0.25, 0.3) is 0 Å². The molecule has 0 aliphatic heterocycles. The highest BCUT2D eigenvalue weighted by Gasteiger charge is 2.19. The van der Waals surface area contributed by atoms with Gasteiger partial charge in [-0.05, 0) is 44.1 Å². The van der Waals surface area contributed by atoms with Crippen LogP contribution in [-0.2, 0) is 9.53 Å². The number of carboxylic acid groups (broad SMARTS) is 1. The van der Waals surface area contributed by atoms with Crippen molar-refractivity contribution in [1.82, 2.24) is 0 Å². The van der Waals surface area contributed by atoms with Crippen LogP contribution in [0.3, 0.4) is 0 Å². The maximum absolute atomic E-state index is 11.0. The lowest BCUT2D eigenvalue weighted by Crippen LogP contribution is -2.15. The summed E-state index contributed by atoms with van der Waals surface area (Å²) in [5, 5.41) is 9.07.